The van der Waals surface area contributed by atoms with Crippen LogP contribution in [0.15, 0.2) is 24.4 Å². The molecule has 2 aliphatic heterocycles. The molecule has 2 saturated heterocycles. The van der Waals surface area contributed by atoms with E-state index in [1.54, 1.807) is 0 Å². The monoisotopic (exact) mass is 356 g/mol. The number of carbonyl (C=O) groups excluding carboxylic acids is 1. The Labute approximate surface area is 154 Å². The lowest BCUT2D eigenvalue weighted by Crippen LogP contribution is -2.52. The van der Waals surface area contributed by atoms with E-state index in [-0.39, 0.29) is 5.92 Å². The Kier molecular flexibility index (Phi) is 5.06. The van der Waals surface area contributed by atoms with E-state index in [4.69, 9.17) is 0 Å². The van der Waals surface area contributed by atoms with Gasteiger partial charge in [0.25, 0.3) is 0 Å². The maximum Gasteiger partial charge on any atom is 0.231 e. The summed E-state index contributed by atoms with van der Waals surface area (Å²) < 4.78 is 2.01. The Morgan fingerprint density at radius 1 is 1.15 bits per heavy atom. The predicted octanol–water partition coefficient (Wildman–Crippen LogP) is 1.50. The summed E-state index contributed by atoms with van der Waals surface area (Å²) in [4.78, 5) is 19.8. The molecule has 0 aromatic carbocycles. The first kappa shape index (κ1) is 17.3. The van der Waals surface area contributed by atoms with Crippen molar-refractivity contribution in [2.24, 2.45) is 5.92 Å². The second kappa shape index (κ2) is 7.61. The number of pyridine rings is 1. The van der Waals surface area contributed by atoms with Gasteiger partial charge in [0.15, 0.2) is 5.65 Å². The van der Waals surface area contributed by atoms with Gasteiger partial charge in [0, 0.05) is 45.5 Å². The molecule has 4 rings (SSSR count). The van der Waals surface area contributed by atoms with Gasteiger partial charge in [0.1, 0.15) is 0 Å². The fourth-order valence-electron chi connectivity index (χ4n) is 4.17. The molecule has 0 saturated carbocycles. The van der Waals surface area contributed by atoms with Crippen LogP contribution in [0.4, 0.5) is 5.95 Å². The molecule has 7 heteroatoms. The molecule has 26 heavy (non-hydrogen) atoms. The van der Waals surface area contributed by atoms with Crippen molar-refractivity contribution in [1.29, 1.82) is 0 Å². The number of anilines is 1. The number of piperazine rings is 1. The Bertz CT molecular complexity index is 751. The van der Waals surface area contributed by atoms with E-state index in [1.807, 2.05) is 28.8 Å². The number of amides is 1. The summed E-state index contributed by atoms with van der Waals surface area (Å²) in [6.07, 6.45) is 5.16. The number of hydrogen-bond donors (Lipinski definition) is 0. The van der Waals surface area contributed by atoms with Gasteiger partial charge in [-0.2, -0.15) is 0 Å². The quantitative estimate of drug-likeness (QED) is 0.831. The minimum atomic E-state index is 0.0672. The third-order valence-electron chi connectivity index (χ3n) is 5.57. The maximum absolute atomic E-state index is 13.0. The minimum absolute atomic E-state index is 0.0672. The highest BCUT2D eigenvalue weighted by molar-refractivity contribution is 5.80. The first-order chi connectivity index (χ1) is 12.8. The van der Waals surface area contributed by atoms with Gasteiger partial charge in [-0.3, -0.25) is 14.1 Å². The first-order valence-electron chi connectivity index (χ1n) is 9.82. The molecule has 1 atom stereocenters. The summed E-state index contributed by atoms with van der Waals surface area (Å²) >= 11 is 0. The summed E-state index contributed by atoms with van der Waals surface area (Å²) in [6.45, 7) is 8.76. The number of piperidine rings is 1. The van der Waals surface area contributed by atoms with Crippen LogP contribution in [-0.4, -0.2) is 76.1 Å². The summed E-state index contributed by atoms with van der Waals surface area (Å²) in [6, 6.07) is 5.91. The van der Waals surface area contributed by atoms with Gasteiger partial charge in [-0.25, -0.2) is 0 Å². The number of rotatable bonds is 4. The first-order valence-corrected chi connectivity index (χ1v) is 9.82. The zero-order valence-electron chi connectivity index (χ0n) is 15.5. The number of hydrogen-bond acceptors (Lipinski definition) is 5. The molecule has 7 nitrogen and oxygen atoms in total. The average Bonchev–Trinajstić information content (AvgIpc) is 3.13. The molecule has 4 heterocycles. The third kappa shape index (κ3) is 3.40. The van der Waals surface area contributed by atoms with Crippen LogP contribution in [0.3, 0.4) is 0 Å². The van der Waals surface area contributed by atoms with Gasteiger partial charge in [0.05, 0.1) is 5.92 Å². The van der Waals surface area contributed by atoms with Crippen LogP contribution in [0.25, 0.3) is 5.65 Å². The Morgan fingerprint density at radius 3 is 2.81 bits per heavy atom. The molecule has 2 fully saturated rings. The molecular weight excluding hydrogens is 328 g/mol. The van der Waals surface area contributed by atoms with E-state index in [9.17, 15) is 4.79 Å². The van der Waals surface area contributed by atoms with Crippen molar-refractivity contribution >= 4 is 17.5 Å². The van der Waals surface area contributed by atoms with E-state index in [0.29, 0.717) is 5.91 Å². The van der Waals surface area contributed by atoms with Crippen LogP contribution in [-0.2, 0) is 4.79 Å². The lowest BCUT2D eigenvalue weighted by atomic mass is 9.96. The van der Waals surface area contributed by atoms with Crippen molar-refractivity contribution in [3.8, 4) is 0 Å². The van der Waals surface area contributed by atoms with E-state index in [2.05, 4.69) is 31.8 Å². The van der Waals surface area contributed by atoms with Crippen molar-refractivity contribution in [3.05, 3.63) is 24.4 Å². The van der Waals surface area contributed by atoms with Crippen molar-refractivity contribution in [1.82, 2.24) is 24.4 Å². The second-order valence-electron chi connectivity index (χ2n) is 7.38. The van der Waals surface area contributed by atoms with Crippen molar-refractivity contribution in [3.63, 3.8) is 0 Å². The van der Waals surface area contributed by atoms with Gasteiger partial charge in [-0.1, -0.05) is 13.0 Å². The van der Waals surface area contributed by atoms with E-state index in [1.165, 1.54) is 6.42 Å². The molecule has 0 N–H and O–H groups in total. The molecule has 0 spiro atoms. The molecule has 0 aliphatic carbocycles. The van der Waals surface area contributed by atoms with Crippen LogP contribution < -0.4 is 4.90 Å². The highest BCUT2D eigenvalue weighted by Crippen LogP contribution is 2.24. The van der Waals surface area contributed by atoms with Crippen molar-refractivity contribution in [2.75, 3.05) is 50.7 Å². The van der Waals surface area contributed by atoms with Gasteiger partial charge < -0.3 is 9.80 Å². The van der Waals surface area contributed by atoms with Gasteiger partial charge in [-0.15, -0.1) is 10.2 Å². The number of aromatic nitrogens is 3. The molecule has 0 radical (unpaired) electrons. The van der Waals surface area contributed by atoms with Crippen LogP contribution in [0, 0.1) is 5.92 Å². The Morgan fingerprint density at radius 2 is 2.00 bits per heavy atom. The van der Waals surface area contributed by atoms with Gasteiger partial charge in [0.2, 0.25) is 11.9 Å². The van der Waals surface area contributed by atoms with Crippen LogP contribution in [0.1, 0.15) is 26.2 Å². The maximum atomic E-state index is 13.0. The van der Waals surface area contributed by atoms with Crippen molar-refractivity contribution in [2.45, 2.75) is 26.2 Å². The number of nitrogens with zero attached hydrogens (tertiary/aromatic N) is 6. The predicted molar refractivity (Wildman–Crippen MR) is 101 cm³/mol. The number of carbonyl (C=O) groups is 1. The molecule has 1 amide bonds. The summed E-state index contributed by atoms with van der Waals surface area (Å²) in [5, 5.41) is 8.61. The molecule has 2 aromatic rings. The topological polar surface area (TPSA) is 57.0 Å². The highest BCUT2D eigenvalue weighted by Gasteiger charge is 2.32. The van der Waals surface area contributed by atoms with E-state index >= 15 is 0 Å². The molecule has 1 unspecified atom stereocenters. The zero-order valence-corrected chi connectivity index (χ0v) is 15.5. The van der Waals surface area contributed by atoms with Crippen molar-refractivity contribution < 1.29 is 4.79 Å². The molecule has 0 bridgehead atoms. The lowest BCUT2D eigenvalue weighted by Gasteiger charge is -2.39. The van der Waals surface area contributed by atoms with Gasteiger partial charge in [-0.05, 0) is 37.9 Å². The number of fused-ring (bicyclic) bond motifs is 1. The van der Waals surface area contributed by atoms with Gasteiger partial charge >= 0.3 is 0 Å². The molecule has 140 valence electrons. The average molecular weight is 356 g/mol. The minimum Gasteiger partial charge on any atom is -0.340 e. The van der Waals surface area contributed by atoms with Crippen LogP contribution >= 0.6 is 0 Å². The molecular formula is C19H28N6O. The molecule has 2 aliphatic rings. The zero-order chi connectivity index (χ0) is 17.9. The largest absolute Gasteiger partial charge is 0.340 e. The second-order valence-corrected chi connectivity index (χ2v) is 7.38. The summed E-state index contributed by atoms with van der Waals surface area (Å²) in [5.41, 5.74) is 0.850. The van der Waals surface area contributed by atoms with E-state index in [0.717, 1.165) is 70.3 Å². The Hall–Kier alpha value is -2.15. The summed E-state index contributed by atoms with van der Waals surface area (Å²) in [5.74, 6) is 1.24. The highest BCUT2D eigenvalue weighted by atomic mass is 16.2. The molecule has 2 aromatic heterocycles. The summed E-state index contributed by atoms with van der Waals surface area (Å²) in [7, 11) is 0. The van der Waals surface area contributed by atoms with E-state index < -0.39 is 0 Å². The standard InChI is InChI=1S/C19H28N6O/c1-2-8-22-11-13-23(14-12-22)18(26)16-6-5-9-24(15-16)19-21-20-17-7-3-4-10-25(17)19/h3-4,7,10,16H,2,5-6,8-9,11-15H2,1H3. The lowest BCUT2D eigenvalue weighted by molar-refractivity contribution is -0.137. The van der Waals surface area contributed by atoms with Crippen LogP contribution in [0.2, 0.25) is 0 Å². The third-order valence-corrected chi connectivity index (χ3v) is 5.57. The SMILES string of the molecule is CCCN1CCN(C(=O)C2CCCN(c3nnc4ccccn34)C2)CC1. The smallest absolute Gasteiger partial charge is 0.231 e. The van der Waals surface area contributed by atoms with Crippen LogP contribution in [0.5, 0.6) is 0 Å². The normalized spacial score (nSPS) is 22.1. The fourth-order valence-corrected chi connectivity index (χ4v) is 4.17. The fraction of sp³-hybridized carbons (Fsp3) is 0.632. The Balaban J connectivity index is 1.41.